The minimum absolute atomic E-state index is 0.267. The molecule has 0 amide bonds. The molecule has 0 bridgehead atoms. The lowest BCUT2D eigenvalue weighted by molar-refractivity contribution is -0.123. The largest absolute Gasteiger partial charge is 0.299 e. The Bertz CT molecular complexity index is 543. The van der Waals surface area contributed by atoms with E-state index in [4.69, 9.17) is 5.26 Å². The highest BCUT2D eigenvalue weighted by Crippen LogP contribution is 2.33. The molecule has 1 aromatic rings. The van der Waals surface area contributed by atoms with Gasteiger partial charge in [-0.15, -0.1) is 0 Å². The van der Waals surface area contributed by atoms with Crippen LogP contribution in [0.4, 0.5) is 0 Å². The molecular weight excluding hydrogens is 260 g/mol. The maximum absolute atomic E-state index is 12.1. The fourth-order valence-electron chi connectivity index (χ4n) is 3.84. The lowest BCUT2D eigenvalue weighted by Gasteiger charge is -2.38. The van der Waals surface area contributed by atoms with Crippen molar-refractivity contribution < 1.29 is 4.79 Å². The minimum atomic E-state index is 0.267. The molecule has 3 rings (SSSR count). The van der Waals surface area contributed by atoms with Gasteiger partial charge < -0.3 is 0 Å². The maximum Gasteiger partial charge on any atom is 0.137 e. The van der Waals surface area contributed by atoms with Crippen molar-refractivity contribution in [3.8, 4) is 6.07 Å². The average Bonchev–Trinajstić information content (AvgIpc) is 2.95. The van der Waals surface area contributed by atoms with Crippen LogP contribution < -0.4 is 0 Å². The van der Waals surface area contributed by atoms with Crippen molar-refractivity contribution in [1.82, 2.24) is 4.90 Å². The number of rotatable bonds is 3. The van der Waals surface area contributed by atoms with E-state index in [-0.39, 0.29) is 5.92 Å². The second kappa shape index (κ2) is 6.41. The number of ketones is 1. The van der Waals surface area contributed by atoms with Crippen LogP contribution >= 0.6 is 0 Å². The third kappa shape index (κ3) is 3.16. The highest BCUT2D eigenvalue weighted by atomic mass is 16.1. The minimum Gasteiger partial charge on any atom is -0.299 e. The van der Waals surface area contributed by atoms with Crippen molar-refractivity contribution >= 4 is 5.78 Å². The predicted octanol–water partition coefficient (Wildman–Crippen LogP) is 3.28. The van der Waals surface area contributed by atoms with Gasteiger partial charge >= 0.3 is 0 Å². The Morgan fingerprint density at radius 3 is 2.62 bits per heavy atom. The summed E-state index contributed by atoms with van der Waals surface area (Å²) in [5.41, 5.74) is 1.95. The van der Waals surface area contributed by atoms with Crippen molar-refractivity contribution in [3.05, 3.63) is 35.4 Å². The van der Waals surface area contributed by atoms with Gasteiger partial charge in [-0.2, -0.15) is 5.26 Å². The summed E-state index contributed by atoms with van der Waals surface area (Å²) in [6, 6.07) is 10.4. The number of hydrogen-bond acceptors (Lipinski definition) is 3. The lowest BCUT2D eigenvalue weighted by atomic mass is 9.88. The van der Waals surface area contributed by atoms with Gasteiger partial charge in [0.05, 0.1) is 11.6 Å². The van der Waals surface area contributed by atoms with Gasteiger partial charge in [-0.1, -0.05) is 18.6 Å². The number of likely N-dealkylation sites (tertiary alicyclic amines) is 1. The van der Waals surface area contributed by atoms with E-state index in [0.29, 0.717) is 17.4 Å². The molecule has 1 aliphatic carbocycles. The number of hydrogen-bond donors (Lipinski definition) is 0. The third-order valence-corrected chi connectivity index (χ3v) is 4.95. The second-order valence-electron chi connectivity index (χ2n) is 6.31. The van der Waals surface area contributed by atoms with Gasteiger partial charge in [0.15, 0.2) is 0 Å². The molecule has 0 aromatic heterocycles. The Morgan fingerprint density at radius 1 is 1.14 bits per heavy atom. The molecule has 0 radical (unpaired) electrons. The molecule has 1 saturated heterocycles. The van der Waals surface area contributed by atoms with Crippen molar-refractivity contribution in [2.24, 2.45) is 5.92 Å². The molecule has 3 nitrogen and oxygen atoms in total. The molecule has 1 aliphatic heterocycles. The fourth-order valence-corrected chi connectivity index (χ4v) is 3.84. The highest BCUT2D eigenvalue weighted by Gasteiger charge is 2.36. The smallest absolute Gasteiger partial charge is 0.137 e. The Labute approximate surface area is 126 Å². The van der Waals surface area contributed by atoms with E-state index in [1.54, 1.807) is 0 Å². The normalized spacial score (nSPS) is 26.7. The van der Waals surface area contributed by atoms with E-state index in [1.165, 1.54) is 18.4 Å². The molecule has 0 N–H and O–H groups in total. The molecule has 2 fully saturated rings. The summed E-state index contributed by atoms with van der Waals surface area (Å²) in [6.07, 6.45) is 6.57. The zero-order chi connectivity index (χ0) is 14.7. The first-order valence-corrected chi connectivity index (χ1v) is 8.04. The van der Waals surface area contributed by atoms with Crippen LogP contribution in [0.15, 0.2) is 24.3 Å². The quantitative estimate of drug-likeness (QED) is 0.854. The zero-order valence-corrected chi connectivity index (χ0v) is 12.4. The van der Waals surface area contributed by atoms with Gasteiger partial charge in [-0.05, 0) is 49.9 Å². The Hall–Kier alpha value is -1.66. The Morgan fingerprint density at radius 2 is 1.95 bits per heavy atom. The maximum atomic E-state index is 12.1. The van der Waals surface area contributed by atoms with Crippen LogP contribution in [0.3, 0.4) is 0 Å². The van der Waals surface area contributed by atoms with E-state index >= 15 is 0 Å². The van der Waals surface area contributed by atoms with Crippen LogP contribution in [0.25, 0.3) is 0 Å². The van der Waals surface area contributed by atoms with Crippen molar-refractivity contribution in [3.63, 3.8) is 0 Å². The highest BCUT2D eigenvalue weighted by molar-refractivity contribution is 5.83. The molecule has 2 atom stereocenters. The van der Waals surface area contributed by atoms with Crippen molar-refractivity contribution in [1.29, 1.82) is 5.26 Å². The summed E-state index contributed by atoms with van der Waals surface area (Å²) in [7, 11) is 0. The molecule has 110 valence electrons. The number of nitrogens with zero attached hydrogens (tertiary/aromatic N) is 2. The number of piperidine rings is 1. The number of benzene rings is 1. The SMILES string of the molecule is N#Cc1ccc(CN2CCCCC2C2CCCC2=O)cc1. The summed E-state index contributed by atoms with van der Waals surface area (Å²) in [5.74, 6) is 0.746. The van der Waals surface area contributed by atoms with E-state index in [1.807, 2.05) is 24.3 Å². The monoisotopic (exact) mass is 282 g/mol. The van der Waals surface area contributed by atoms with Gasteiger partial charge in [0.1, 0.15) is 5.78 Å². The van der Waals surface area contributed by atoms with Crippen molar-refractivity contribution in [2.75, 3.05) is 6.54 Å². The Kier molecular flexibility index (Phi) is 4.36. The molecular formula is C18H22N2O. The first-order chi connectivity index (χ1) is 10.3. The van der Waals surface area contributed by atoms with Crippen LogP contribution in [-0.4, -0.2) is 23.3 Å². The topological polar surface area (TPSA) is 44.1 Å². The van der Waals surface area contributed by atoms with E-state index < -0.39 is 0 Å². The standard InChI is InChI=1S/C18H22N2O/c19-12-14-7-9-15(10-8-14)13-20-11-2-1-5-17(20)16-4-3-6-18(16)21/h7-10,16-17H,1-6,11,13H2. The number of carbonyl (C=O) groups is 1. The average molecular weight is 282 g/mol. The predicted molar refractivity (Wildman–Crippen MR) is 81.6 cm³/mol. The molecule has 2 aliphatic rings. The molecule has 1 saturated carbocycles. The summed E-state index contributed by atoms with van der Waals surface area (Å²) in [5, 5.41) is 8.87. The van der Waals surface area contributed by atoms with E-state index in [0.717, 1.165) is 38.8 Å². The fraction of sp³-hybridized carbons (Fsp3) is 0.556. The third-order valence-electron chi connectivity index (χ3n) is 4.95. The van der Waals surface area contributed by atoms with Gasteiger partial charge in [0, 0.05) is 24.9 Å². The molecule has 1 heterocycles. The van der Waals surface area contributed by atoms with Crippen LogP contribution in [0.2, 0.25) is 0 Å². The number of nitriles is 1. The lowest BCUT2D eigenvalue weighted by Crippen LogP contribution is -2.44. The Balaban J connectivity index is 1.71. The molecule has 1 aromatic carbocycles. The molecule has 3 heteroatoms. The molecule has 21 heavy (non-hydrogen) atoms. The van der Waals surface area contributed by atoms with Crippen LogP contribution in [0, 0.1) is 17.2 Å². The van der Waals surface area contributed by atoms with Gasteiger partial charge in [-0.25, -0.2) is 0 Å². The van der Waals surface area contributed by atoms with E-state index in [2.05, 4.69) is 11.0 Å². The first kappa shape index (κ1) is 14.3. The van der Waals surface area contributed by atoms with Gasteiger partial charge in [0.25, 0.3) is 0 Å². The number of Topliss-reactive ketones (excluding diaryl/α,β-unsaturated/α-hetero) is 1. The van der Waals surface area contributed by atoms with Gasteiger partial charge in [0.2, 0.25) is 0 Å². The van der Waals surface area contributed by atoms with Crippen LogP contribution in [0.1, 0.15) is 49.7 Å². The molecule has 0 spiro atoms. The zero-order valence-electron chi connectivity index (χ0n) is 12.4. The summed E-state index contributed by atoms with van der Waals surface area (Å²) in [4.78, 5) is 14.6. The van der Waals surface area contributed by atoms with Crippen LogP contribution in [-0.2, 0) is 11.3 Å². The van der Waals surface area contributed by atoms with Crippen LogP contribution in [0.5, 0.6) is 0 Å². The summed E-state index contributed by atoms with van der Waals surface area (Å²) >= 11 is 0. The second-order valence-corrected chi connectivity index (χ2v) is 6.31. The molecule has 2 unspecified atom stereocenters. The van der Waals surface area contributed by atoms with E-state index in [9.17, 15) is 4.79 Å². The van der Waals surface area contributed by atoms with Crippen molar-refractivity contribution in [2.45, 2.75) is 51.1 Å². The summed E-state index contributed by atoms with van der Waals surface area (Å²) in [6.45, 7) is 1.99. The first-order valence-electron chi connectivity index (χ1n) is 8.04. The summed E-state index contributed by atoms with van der Waals surface area (Å²) < 4.78 is 0. The van der Waals surface area contributed by atoms with Gasteiger partial charge in [-0.3, -0.25) is 9.69 Å². The number of carbonyl (C=O) groups excluding carboxylic acids is 1.